The number of thiocarbonyl (C=S) groups is 1. The highest BCUT2D eigenvalue weighted by atomic mass is 32.1. The van der Waals surface area contributed by atoms with Crippen molar-refractivity contribution >= 4 is 17.3 Å². The van der Waals surface area contributed by atoms with Crippen molar-refractivity contribution in [3.63, 3.8) is 0 Å². The van der Waals surface area contributed by atoms with Gasteiger partial charge in [0.05, 0.1) is 0 Å². The predicted octanol–water partition coefficient (Wildman–Crippen LogP) is 2.81. The number of benzene rings is 1. The zero-order valence-corrected chi connectivity index (χ0v) is 13.0. The largest absolute Gasteiger partial charge is 0.381 e. The second-order valence-corrected chi connectivity index (χ2v) is 5.80. The van der Waals surface area contributed by atoms with E-state index in [4.69, 9.17) is 17.0 Å². The molecule has 0 unspecified atom stereocenters. The Morgan fingerprint density at radius 1 is 1.30 bits per heavy atom. The van der Waals surface area contributed by atoms with Gasteiger partial charge in [0.2, 0.25) is 0 Å². The summed E-state index contributed by atoms with van der Waals surface area (Å²) in [4.78, 5) is 2.15. The molecule has 0 aromatic heterocycles. The van der Waals surface area contributed by atoms with E-state index in [0.29, 0.717) is 0 Å². The van der Waals surface area contributed by atoms with E-state index in [-0.39, 0.29) is 0 Å². The number of nitrogens with one attached hydrogen (secondary N) is 1. The van der Waals surface area contributed by atoms with Crippen LogP contribution < -0.4 is 5.32 Å². The van der Waals surface area contributed by atoms with Crippen molar-refractivity contribution in [2.75, 3.05) is 26.8 Å². The van der Waals surface area contributed by atoms with Crippen molar-refractivity contribution in [2.24, 2.45) is 5.92 Å². The Morgan fingerprint density at radius 2 is 2.00 bits per heavy atom. The van der Waals surface area contributed by atoms with Gasteiger partial charge in [-0.15, -0.1) is 0 Å². The summed E-state index contributed by atoms with van der Waals surface area (Å²) in [6.07, 6.45) is 3.59. The third-order valence-electron chi connectivity index (χ3n) is 3.85. The van der Waals surface area contributed by atoms with Gasteiger partial charge in [0.1, 0.15) is 0 Å². The SMILES string of the molecule is CN(CCC1CCOCC1)C(=S)NCc1ccccc1. The van der Waals surface area contributed by atoms with Crippen molar-refractivity contribution in [3.05, 3.63) is 35.9 Å². The number of hydrogen-bond donors (Lipinski definition) is 1. The van der Waals surface area contributed by atoms with E-state index >= 15 is 0 Å². The van der Waals surface area contributed by atoms with Gasteiger partial charge >= 0.3 is 0 Å². The Labute approximate surface area is 127 Å². The fraction of sp³-hybridized carbons (Fsp3) is 0.562. The van der Waals surface area contributed by atoms with Gasteiger partial charge in [-0.1, -0.05) is 30.3 Å². The topological polar surface area (TPSA) is 24.5 Å². The molecule has 0 spiro atoms. The highest BCUT2D eigenvalue weighted by molar-refractivity contribution is 7.80. The first-order chi connectivity index (χ1) is 9.75. The van der Waals surface area contributed by atoms with E-state index in [9.17, 15) is 0 Å². The lowest BCUT2D eigenvalue weighted by atomic mass is 9.96. The van der Waals surface area contributed by atoms with Crippen molar-refractivity contribution in [1.82, 2.24) is 10.2 Å². The average Bonchev–Trinajstić information content (AvgIpc) is 2.52. The van der Waals surface area contributed by atoms with Crippen LogP contribution in [0, 0.1) is 5.92 Å². The quantitative estimate of drug-likeness (QED) is 0.844. The molecule has 0 bridgehead atoms. The molecule has 1 saturated heterocycles. The van der Waals surface area contributed by atoms with Gasteiger partial charge in [0.15, 0.2) is 5.11 Å². The van der Waals surface area contributed by atoms with Crippen LogP contribution >= 0.6 is 12.2 Å². The molecule has 1 fully saturated rings. The lowest BCUT2D eigenvalue weighted by Crippen LogP contribution is -2.38. The van der Waals surface area contributed by atoms with Crippen LogP contribution in [-0.4, -0.2) is 36.8 Å². The van der Waals surface area contributed by atoms with Gasteiger partial charge < -0.3 is 15.0 Å². The van der Waals surface area contributed by atoms with Crippen molar-refractivity contribution < 1.29 is 4.74 Å². The first-order valence-corrected chi connectivity index (χ1v) is 7.77. The zero-order valence-electron chi connectivity index (χ0n) is 12.2. The van der Waals surface area contributed by atoms with Gasteiger partial charge in [-0.25, -0.2) is 0 Å². The van der Waals surface area contributed by atoms with Crippen LogP contribution in [0.2, 0.25) is 0 Å². The van der Waals surface area contributed by atoms with E-state index in [1.165, 1.54) is 24.8 Å². The van der Waals surface area contributed by atoms with E-state index in [0.717, 1.165) is 37.3 Å². The molecule has 20 heavy (non-hydrogen) atoms. The minimum atomic E-state index is 0.793. The molecule has 110 valence electrons. The van der Waals surface area contributed by atoms with Crippen molar-refractivity contribution in [1.29, 1.82) is 0 Å². The number of nitrogens with zero attached hydrogens (tertiary/aromatic N) is 1. The standard InChI is InChI=1S/C16H24N2OS/c1-18(10-7-14-8-11-19-12-9-14)16(20)17-13-15-5-3-2-4-6-15/h2-6,14H,7-13H2,1H3,(H,17,20). The summed E-state index contributed by atoms with van der Waals surface area (Å²) < 4.78 is 5.39. The molecule has 1 N–H and O–H groups in total. The maximum atomic E-state index is 5.43. The van der Waals surface area contributed by atoms with Crippen LogP contribution in [0.1, 0.15) is 24.8 Å². The molecule has 0 radical (unpaired) electrons. The van der Waals surface area contributed by atoms with E-state index in [1.807, 2.05) is 6.07 Å². The Hall–Kier alpha value is -1.13. The van der Waals surface area contributed by atoms with Crippen LogP contribution in [0.25, 0.3) is 0 Å². The Bertz CT molecular complexity index is 404. The third kappa shape index (κ3) is 5.10. The Balaban J connectivity index is 1.66. The molecular weight excluding hydrogens is 268 g/mol. The molecule has 1 aromatic carbocycles. The molecule has 1 aliphatic rings. The molecule has 0 saturated carbocycles. The molecule has 0 amide bonds. The molecule has 3 nitrogen and oxygen atoms in total. The van der Waals surface area contributed by atoms with E-state index < -0.39 is 0 Å². The van der Waals surface area contributed by atoms with Gasteiger partial charge in [-0.3, -0.25) is 0 Å². The molecule has 2 rings (SSSR count). The van der Waals surface area contributed by atoms with Gasteiger partial charge in [0, 0.05) is 33.4 Å². The molecule has 1 aromatic rings. The normalized spacial score (nSPS) is 15.8. The molecular formula is C16H24N2OS. The number of ether oxygens (including phenoxy) is 1. The molecule has 0 atom stereocenters. The summed E-state index contributed by atoms with van der Waals surface area (Å²) in [5, 5.41) is 4.15. The lowest BCUT2D eigenvalue weighted by molar-refractivity contribution is 0.0626. The number of hydrogen-bond acceptors (Lipinski definition) is 2. The Kier molecular flexibility index (Phi) is 6.27. The Morgan fingerprint density at radius 3 is 2.70 bits per heavy atom. The first kappa shape index (κ1) is 15.3. The van der Waals surface area contributed by atoms with E-state index in [2.05, 4.69) is 41.5 Å². The second kappa shape index (κ2) is 8.22. The maximum absolute atomic E-state index is 5.43. The average molecular weight is 292 g/mol. The number of rotatable bonds is 5. The van der Waals surface area contributed by atoms with Crippen LogP contribution in [0.15, 0.2) is 30.3 Å². The minimum Gasteiger partial charge on any atom is -0.381 e. The highest BCUT2D eigenvalue weighted by Crippen LogP contribution is 2.18. The summed E-state index contributed by atoms with van der Waals surface area (Å²) in [5.41, 5.74) is 1.26. The summed E-state index contributed by atoms with van der Waals surface area (Å²) >= 11 is 5.43. The first-order valence-electron chi connectivity index (χ1n) is 7.36. The molecule has 0 aliphatic carbocycles. The van der Waals surface area contributed by atoms with Crippen LogP contribution in [0.5, 0.6) is 0 Å². The predicted molar refractivity (Wildman–Crippen MR) is 86.7 cm³/mol. The van der Waals surface area contributed by atoms with Gasteiger partial charge in [-0.05, 0) is 43.0 Å². The second-order valence-electron chi connectivity index (χ2n) is 5.41. The highest BCUT2D eigenvalue weighted by Gasteiger charge is 2.14. The summed E-state index contributed by atoms with van der Waals surface area (Å²) in [6, 6.07) is 10.3. The van der Waals surface area contributed by atoms with E-state index in [1.54, 1.807) is 0 Å². The maximum Gasteiger partial charge on any atom is 0.168 e. The molecule has 4 heteroatoms. The van der Waals surface area contributed by atoms with Crippen molar-refractivity contribution in [3.8, 4) is 0 Å². The minimum absolute atomic E-state index is 0.793. The van der Waals surface area contributed by atoms with Crippen LogP contribution in [-0.2, 0) is 11.3 Å². The fourth-order valence-electron chi connectivity index (χ4n) is 2.42. The van der Waals surface area contributed by atoms with Crippen molar-refractivity contribution in [2.45, 2.75) is 25.8 Å². The van der Waals surface area contributed by atoms with Gasteiger partial charge in [0.25, 0.3) is 0 Å². The monoisotopic (exact) mass is 292 g/mol. The third-order valence-corrected chi connectivity index (χ3v) is 4.30. The molecule has 1 heterocycles. The van der Waals surface area contributed by atoms with Gasteiger partial charge in [-0.2, -0.15) is 0 Å². The summed E-state index contributed by atoms with van der Waals surface area (Å²) in [7, 11) is 2.07. The lowest BCUT2D eigenvalue weighted by Gasteiger charge is -2.26. The summed E-state index contributed by atoms with van der Waals surface area (Å²) in [6.45, 7) is 3.66. The van der Waals surface area contributed by atoms with Crippen LogP contribution in [0.3, 0.4) is 0 Å². The molecule has 1 aliphatic heterocycles. The smallest absolute Gasteiger partial charge is 0.168 e. The zero-order chi connectivity index (χ0) is 14.2. The van der Waals surface area contributed by atoms with Crippen LogP contribution in [0.4, 0.5) is 0 Å². The fourth-order valence-corrected chi connectivity index (χ4v) is 2.58. The summed E-state index contributed by atoms with van der Waals surface area (Å²) in [5.74, 6) is 0.795.